The zero-order chi connectivity index (χ0) is 31.1. The zero-order valence-corrected chi connectivity index (χ0v) is 26.8. The third-order valence-corrected chi connectivity index (χ3v) is 9.88. The molecule has 42 heavy (non-hydrogen) atoms. The quantitative estimate of drug-likeness (QED) is 0.0785. The van der Waals surface area contributed by atoms with Crippen molar-refractivity contribution in [2.24, 2.45) is 17.3 Å². The molecule has 0 bridgehead atoms. The van der Waals surface area contributed by atoms with Crippen molar-refractivity contribution in [2.45, 2.75) is 123 Å². The van der Waals surface area contributed by atoms with Gasteiger partial charge in [-0.3, -0.25) is 0 Å². The van der Waals surface area contributed by atoms with Gasteiger partial charge in [0.15, 0.2) is 11.2 Å². The van der Waals surface area contributed by atoms with Crippen molar-refractivity contribution in [3.63, 3.8) is 0 Å². The van der Waals surface area contributed by atoms with E-state index in [1.807, 2.05) is 46.8 Å². The molecule has 3 aliphatic rings. The fraction of sp³-hybridized carbons (Fsp3) is 0.611. The highest BCUT2D eigenvalue weighted by Crippen LogP contribution is 2.65. The lowest BCUT2D eigenvalue weighted by Crippen LogP contribution is -2.52. The first kappa shape index (κ1) is 32.0. The highest BCUT2D eigenvalue weighted by atomic mass is 17.2. The van der Waals surface area contributed by atoms with Crippen molar-refractivity contribution in [1.29, 1.82) is 0 Å². The summed E-state index contributed by atoms with van der Waals surface area (Å²) in [6, 6.07) is 6.05. The van der Waals surface area contributed by atoms with E-state index in [0.717, 1.165) is 38.5 Å². The minimum absolute atomic E-state index is 0.319. The highest BCUT2D eigenvalue weighted by molar-refractivity contribution is 5.89. The maximum atomic E-state index is 13.1. The summed E-state index contributed by atoms with van der Waals surface area (Å²) in [5.74, 6) is 7.74. The van der Waals surface area contributed by atoms with Crippen molar-refractivity contribution in [3.8, 4) is 17.6 Å². The minimum Gasteiger partial charge on any atom is -0.442 e. The lowest BCUT2D eigenvalue weighted by molar-refractivity contribution is -0.388. The summed E-state index contributed by atoms with van der Waals surface area (Å²) < 4.78 is 11.9. The number of ether oxygens (including phenoxy) is 2. The Morgan fingerprint density at radius 2 is 1.69 bits per heavy atom. The Balaban J connectivity index is 1.63. The van der Waals surface area contributed by atoms with Crippen molar-refractivity contribution in [1.82, 2.24) is 0 Å². The molecule has 1 aromatic rings. The molecule has 1 aromatic carbocycles. The number of carbonyl (C=O) groups is 2. The Morgan fingerprint density at radius 3 is 2.33 bits per heavy atom. The van der Waals surface area contributed by atoms with Crippen molar-refractivity contribution in [2.75, 3.05) is 0 Å². The fourth-order valence-electron chi connectivity index (χ4n) is 7.01. The molecule has 0 amide bonds. The number of fused-ring (bicyclic) bond motifs is 5. The number of hydrogen-bond acceptors (Lipinski definition) is 6. The molecule has 0 radical (unpaired) electrons. The number of benzene rings is 1. The lowest BCUT2D eigenvalue weighted by atomic mass is 9.53. The molecule has 2 fully saturated rings. The van der Waals surface area contributed by atoms with Crippen LogP contribution in [0.4, 0.5) is 0 Å². The number of esters is 2. The van der Waals surface area contributed by atoms with Crippen molar-refractivity contribution >= 4 is 11.9 Å². The van der Waals surface area contributed by atoms with E-state index in [1.165, 1.54) is 11.1 Å². The topological polar surface area (TPSA) is 71.1 Å². The van der Waals surface area contributed by atoms with Crippen LogP contribution in [-0.4, -0.2) is 28.7 Å². The van der Waals surface area contributed by atoms with Crippen LogP contribution in [0.3, 0.4) is 0 Å². The maximum Gasteiger partial charge on any atom is 0.338 e. The Labute approximate surface area is 252 Å². The molecule has 0 N–H and O–H groups in total. The summed E-state index contributed by atoms with van der Waals surface area (Å²) in [6.07, 6.45) is 6.19. The van der Waals surface area contributed by atoms with Gasteiger partial charge in [0.1, 0.15) is 5.75 Å². The third kappa shape index (κ3) is 6.24. The minimum atomic E-state index is -0.944. The van der Waals surface area contributed by atoms with E-state index in [0.29, 0.717) is 41.1 Å². The predicted octanol–water partition coefficient (Wildman–Crippen LogP) is 7.80. The molecule has 3 aliphatic carbocycles. The van der Waals surface area contributed by atoms with Gasteiger partial charge < -0.3 is 9.47 Å². The van der Waals surface area contributed by atoms with E-state index in [-0.39, 0.29) is 5.41 Å². The third-order valence-electron chi connectivity index (χ3n) is 9.88. The van der Waals surface area contributed by atoms with Gasteiger partial charge in [-0.2, -0.15) is 0 Å². The molecule has 0 spiro atoms. The largest absolute Gasteiger partial charge is 0.442 e. The second-order valence-corrected chi connectivity index (χ2v) is 14.0. The number of hydrogen-bond donors (Lipinski definition) is 0. The Kier molecular flexibility index (Phi) is 8.89. The van der Waals surface area contributed by atoms with Crippen molar-refractivity contribution in [3.05, 3.63) is 53.6 Å². The summed E-state index contributed by atoms with van der Waals surface area (Å²) in [6.45, 7) is 22.9. The SMILES string of the molecule is C=C(C)C(=O)Oc1ccc2c(c1)CC[C@@H]1[C@@H]2CC[C@@]2(C)[C@H]1CC[C@@]2(C#CC(C)(C)OOC(C)(C)CC)OC(=O)C(=C)C. The van der Waals surface area contributed by atoms with Gasteiger partial charge in [0.25, 0.3) is 0 Å². The van der Waals surface area contributed by atoms with Gasteiger partial charge >= 0.3 is 11.9 Å². The van der Waals surface area contributed by atoms with Gasteiger partial charge in [-0.25, -0.2) is 19.4 Å². The molecular weight excluding hydrogens is 528 g/mol. The van der Waals surface area contributed by atoms with Gasteiger partial charge in [0.2, 0.25) is 0 Å². The van der Waals surface area contributed by atoms with Crippen LogP contribution in [0, 0.1) is 29.1 Å². The van der Waals surface area contributed by atoms with Crippen LogP contribution in [-0.2, 0) is 30.5 Å². The lowest BCUT2D eigenvalue weighted by Gasteiger charge is -2.52. The van der Waals surface area contributed by atoms with E-state index in [2.05, 4.69) is 38.0 Å². The molecule has 0 aromatic heterocycles. The molecule has 6 nitrogen and oxygen atoms in total. The Hall–Kier alpha value is -2.88. The molecule has 2 saturated carbocycles. The van der Waals surface area contributed by atoms with Crippen LogP contribution in [0.2, 0.25) is 0 Å². The van der Waals surface area contributed by atoms with Crippen LogP contribution in [0.25, 0.3) is 0 Å². The normalized spacial score (nSPS) is 28.3. The van der Waals surface area contributed by atoms with E-state index < -0.39 is 28.7 Å². The monoisotopic (exact) mass is 576 g/mol. The van der Waals surface area contributed by atoms with Crippen LogP contribution in [0.1, 0.15) is 111 Å². The molecule has 228 valence electrons. The number of carbonyl (C=O) groups excluding carboxylic acids is 2. The van der Waals surface area contributed by atoms with Gasteiger partial charge in [-0.15, -0.1) is 0 Å². The average molecular weight is 577 g/mol. The van der Waals surface area contributed by atoms with E-state index in [4.69, 9.17) is 19.2 Å². The Morgan fingerprint density at radius 1 is 1.00 bits per heavy atom. The molecular formula is C36H48O6. The van der Waals surface area contributed by atoms with E-state index >= 15 is 0 Å². The standard InChI is InChI=1S/C36H48O6/c1-11-33(6,7)41-42-34(8,9)20-21-36(40-32(38)24(4)5)19-17-30-29-14-12-25-22-26(39-31(37)23(2)3)13-15-27(25)28(29)16-18-35(30,36)10/h13,15,22,28-30H,2,4,11-12,14,16-19H2,1,3,5-10H3/t28-,29-,30+,35+,36+/m1/s1. The van der Waals surface area contributed by atoms with Gasteiger partial charge in [0, 0.05) is 16.6 Å². The van der Waals surface area contributed by atoms with E-state index in [1.54, 1.807) is 13.8 Å². The molecule has 0 saturated heterocycles. The predicted molar refractivity (Wildman–Crippen MR) is 164 cm³/mol. The molecule has 0 unspecified atom stereocenters. The average Bonchev–Trinajstić information content (AvgIpc) is 3.22. The molecule has 6 heteroatoms. The second kappa shape index (κ2) is 11.7. The van der Waals surface area contributed by atoms with Crippen LogP contribution in [0.5, 0.6) is 5.75 Å². The van der Waals surface area contributed by atoms with Crippen LogP contribution in [0.15, 0.2) is 42.5 Å². The molecule has 0 heterocycles. The first-order valence-electron chi connectivity index (χ1n) is 15.3. The number of aryl methyl sites for hydroxylation is 1. The zero-order valence-electron chi connectivity index (χ0n) is 26.8. The fourth-order valence-corrected chi connectivity index (χ4v) is 7.01. The molecule has 5 atom stereocenters. The van der Waals surface area contributed by atoms with Crippen LogP contribution >= 0.6 is 0 Å². The summed E-state index contributed by atoms with van der Waals surface area (Å²) in [5.41, 5.74) is 0.754. The molecule has 4 rings (SSSR count). The summed E-state index contributed by atoms with van der Waals surface area (Å²) in [7, 11) is 0. The number of rotatable bonds is 8. The molecule has 0 aliphatic heterocycles. The smallest absolute Gasteiger partial charge is 0.338 e. The Bertz CT molecular complexity index is 1330. The summed E-state index contributed by atoms with van der Waals surface area (Å²) in [4.78, 5) is 36.7. The van der Waals surface area contributed by atoms with Gasteiger partial charge in [0.05, 0.1) is 5.60 Å². The highest BCUT2D eigenvalue weighted by Gasteiger charge is 2.64. The first-order valence-corrected chi connectivity index (χ1v) is 15.3. The second-order valence-electron chi connectivity index (χ2n) is 14.0. The summed E-state index contributed by atoms with van der Waals surface area (Å²) in [5, 5.41) is 0. The van der Waals surface area contributed by atoms with Gasteiger partial charge in [-0.05, 0) is 128 Å². The van der Waals surface area contributed by atoms with Crippen molar-refractivity contribution < 1.29 is 28.8 Å². The maximum absolute atomic E-state index is 13.1. The van der Waals surface area contributed by atoms with Gasteiger partial charge in [-0.1, -0.05) is 44.9 Å². The first-order chi connectivity index (χ1) is 19.5. The van der Waals surface area contributed by atoms with E-state index in [9.17, 15) is 9.59 Å². The van der Waals surface area contributed by atoms with Crippen LogP contribution < -0.4 is 4.74 Å². The summed E-state index contributed by atoms with van der Waals surface area (Å²) >= 11 is 0.